The van der Waals surface area contributed by atoms with Gasteiger partial charge in [0.25, 0.3) is 0 Å². The lowest BCUT2D eigenvalue weighted by molar-refractivity contribution is -0.142. The predicted octanol–water partition coefficient (Wildman–Crippen LogP) is 2.59. The minimum absolute atomic E-state index is 0.00931. The van der Waals surface area contributed by atoms with Crippen LogP contribution in [-0.4, -0.2) is 31.2 Å². The number of nitrogens with one attached hydrogen (secondary N) is 1. The van der Waals surface area contributed by atoms with Gasteiger partial charge in [0.15, 0.2) is 0 Å². The summed E-state index contributed by atoms with van der Waals surface area (Å²) in [6.45, 7) is 4.74. The molecule has 5 heteroatoms. The Morgan fingerprint density at radius 3 is 2.83 bits per heavy atom. The lowest BCUT2D eigenvalue weighted by Crippen LogP contribution is -2.35. The summed E-state index contributed by atoms with van der Waals surface area (Å²) < 4.78 is 11.0. The van der Waals surface area contributed by atoms with Gasteiger partial charge in [0.1, 0.15) is 6.61 Å². The summed E-state index contributed by atoms with van der Waals surface area (Å²) in [4.78, 5) is 24.7. The number of esters is 1. The van der Waals surface area contributed by atoms with Gasteiger partial charge in [-0.25, -0.2) is 4.79 Å². The maximum Gasteiger partial charge on any atom is 0.336 e. The summed E-state index contributed by atoms with van der Waals surface area (Å²) in [6, 6.07) is 7.85. The normalized spacial score (nSPS) is 24.0. The average Bonchev–Trinajstić information content (AvgIpc) is 3.06. The molecule has 5 nitrogen and oxygen atoms in total. The van der Waals surface area contributed by atoms with E-state index in [0.29, 0.717) is 11.3 Å². The third kappa shape index (κ3) is 3.51. The molecule has 1 fully saturated rings. The molecule has 2 aliphatic rings. The van der Waals surface area contributed by atoms with E-state index in [1.165, 1.54) is 0 Å². The van der Waals surface area contributed by atoms with Gasteiger partial charge in [0, 0.05) is 24.6 Å². The molecule has 128 valence electrons. The van der Waals surface area contributed by atoms with Gasteiger partial charge in [0.05, 0.1) is 11.7 Å². The fraction of sp³-hybridized carbons (Fsp3) is 0.474. The van der Waals surface area contributed by atoms with Gasteiger partial charge >= 0.3 is 5.97 Å². The molecule has 1 saturated heterocycles. The molecule has 0 radical (unpaired) electrons. The smallest absolute Gasteiger partial charge is 0.336 e. The fourth-order valence-corrected chi connectivity index (χ4v) is 3.44. The molecule has 0 spiro atoms. The highest BCUT2D eigenvalue weighted by molar-refractivity contribution is 5.95. The summed E-state index contributed by atoms with van der Waals surface area (Å²) in [5.41, 5.74) is 3.18. The summed E-state index contributed by atoms with van der Waals surface area (Å²) in [6.07, 6.45) is 2.17. The zero-order chi connectivity index (χ0) is 17.1. The number of hydrogen-bond donors (Lipinski definition) is 1. The Balaban J connectivity index is 1.83. The number of benzene rings is 1. The van der Waals surface area contributed by atoms with E-state index in [0.717, 1.165) is 30.6 Å². The molecule has 24 heavy (non-hydrogen) atoms. The zero-order valence-corrected chi connectivity index (χ0v) is 14.1. The molecular weight excluding hydrogens is 306 g/mol. The van der Waals surface area contributed by atoms with Gasteiger partial charge in [-0.1, -0.05) is 24.3 Å². The second kappa shape index (κ2) is 7.18. The first-order valence-corrected chi connectivity index (χ1v) is 8.41. The van der Waals surface area contributed by atoms with Crippen molar-refractivity contribution in [2.75, 3.05) is 13.2 Å². The van der Waals surface area contributed by atoms with Crippen molar-refractivity contribution in [3.63, 3.8) is 0 Å². The van der Waals surface area contributed by atoms with E-state index in [1.807, 2.05) is 31.2 Å². The van der Waals surface area contributed by atoms with Gasteiger partial charge in [-0.3, -0.25) is 4.79 Å². The van der Waals surface area contributed by atoms with Crippen LogP contribution in [0, 0.1) is 6.92 Å². The van der Waals surface area contributed by atoms with Crippen LogP contribution in [0.4, 0.5) is 0 Å². The first-order valence-electron chi connectivity index (χ1n) is 8.41. The van der Waals surface area contributed by atoms with Crippen LogP contribution < -0.4 is 5.32 Å². The van der Waals surface area contributed by atoms with Crippen LogP contribution in [0.25, 0.3) is 0 Å². The van der Waals surface area contributed by atoms with Crippen LogP contribution in [0.1, 0.15) is 43.2 Å². The Labute approximate surface area is 142 Å². The topological polar surface area (TPSA) is 64.6 Å². The Hall–Kier alpha value is -2.14. The highest BCUT2D eigenvalue weighted by Gasteiger charge is 2.33. The van der Waals surface area contributed by atoms with Crippen molar-refractivity contribution in [3.05, 3.63) is 46.7 Å². The SMILES string of the molecule is CC1=C(C(=O)OC[C@H]2CCCO2)[C@@H](c2ccccc2C)CC(=O)N1. The molecule has 0 aromatic heterocycles. The van der Waals surface area contributed by atoms with Crippen molar-refractivity contribution in [3.8, 4) is 0 Å². The molecule has 2 aliphatic heterocycles. The van der Waals surface area contributed by atoms with Crippen LogP contribution in [0.5, 0.6) is 0 Å². The molecule has 0 saturated carbocycles. The number of aryl methyl sites for hydroxylation is 1. The summed E-state index contributed by atoms with van der Waals surface area (Å²) in [5.74, 6) is -0.704. The van der Waals surface area contributed by atoms with Crippen molar-refractivity contribution in [2.24, 2.45) is 0 Å². The van der Waals surface area contributed by atoms with Crippen molar-refractivity contribution in [1.29, 1.82) is 0 Å². The highest BCUT2D eigenvalue weighted by atomic mass is 16.6. The summed E-state index contributed by atoms with van der Waals surface area (Å²) in [5, 5.41) is 2.77. The number of allylic oxidation sites excluding steroid dienone is 1. The second-order valence-electron chi connectivity index (χ2n) is 6.43. The van der Waals surface area contributed by atoms with E-state index in [4.69, 9.17) is 9.47 Å². The summed E-state index contributed by atoms with van der Waals surface area (Å²) >= 11 is 0. The monoisotopic (exact) mass is 329 g/mol. The fourth-order valence-electron chi connectivity index (χ4n) is 3.44. The predicted molar refractivity (Wildman–Crippen MR) is 89.3 cm³/mol. The lowest BCUT2D eigenvalue weighted by Gasteiger charge is -2.27. The van der Waals surface area contributed by atoms with Crippen LogP contribution in [0.3, 0.4) is 0 Å². The lowest BCUT2D eigenvalue weighted by atomic mass is 9.82. The molecule has 2 atom stereocenters. The Bertz CT molecular complexity index is 674. The standard InChI is InChI=1S/C19H23NO4/c1-12-6-3-4-8-15(12)16-10-17(21)20-13(2)18(16)19(22)24-11-14-7-5-9-23-14/h3-4,6,8,14,16H,5,7,9-11H2,1-2H3,(H,20,21)/t14-,16-/m1/s1. The number of hydrogen-bond acceptors (Lipinski definition) is 4. The molecule has 2 heterocycles. The van der Waals surface area contributed by atoms with Crippen LogP contribution >= 0.6 is 0 Å². The molecule has 3 rings (SSSR count). The van der Waals surface area contributed by atoms with Crippen LogP contribution in [0.15, 0.2) is 35.5 Å². The maximum atomic E-state index is 12.7. The zero-order valence-electron chi connectivity index (χ0n) is 14.1. The van der Waals surface area contributed by atoms with Gasteiger partial charge in [-0.15, -0.1) is 0 Å². The van der Waals surface area contributed by atoms with Gasteiger partial charge < -0.3 is 14.8 Å². The average molecular weight is 329 g/mol. The van der Waals surface area contributed by atoms with E-state index < -0.39 is 0 Å². The van der Waals surface area contributed by atoms with Crippen LogP contribution in [-0.2, 0) is 19.1 Å². The first kappa shape index (κ1) is 16.7. The quantitative estimate of drug-likeness (QED) is 0.863. The molecule has 1 N–H and O–H groups in total. The molecular formula is C19H23NO4. The molecule has 1 amide bonds. The van der Waals surface area contributed by atoms with Gasteiger partial charge in [-0.2, -0.15) is 0 Å². The number of carbonyl (C=O) groups excluding carboxylic acids is 2. The van der Waals surface area contributed by atoms with E-state index in [2.05, 4.69) is 5.32 Å². The summed E-state index contributed by atoms with van der Waals surface area (Å²) in [7, 11) is 0. The molecule has 1 aromatic rings. The van der Waals surface area contributed by atoms with Gasteiger partial charge in [0.2, 0.25) is 5.91 Å². The Kier molecular flexibility index (Phi) is 5.00. The van der Waals surface area contributed by atoms with E-state index in [9.17, 15) is 9.59 Å². The van der Waals surface area contributed by atoms with E-state index in [1.54, 1.807) is 6.92 Å². The van der Waals surface area contributed by atoms with E-state index >= 15 is 0 Å². The number of amides is 1. The highest BCUT2D eigenvalue weighted by Crippen LogP contribution is 2.35. The third-order valence-electron chi connectivity index (χ3n) is 4.68. The second-order valence-corrected chi connectivity index (χ2v) is 6.43. The molecule has 0 aliphatic carbocycles. The largest absolute Gasteiger partial charge is 0.460 e. The van der Waals surface area contributed by atoms with Gasteiger partial charge in [-0.05, 0) is 37.8 Å². The van der Waals surface area contributed by atoms with Crippen molar-refractivity contribution in [2.45, 2.75) is 45.1 Å². The van der Waals surface area contributed by atoms with Crippen molar-refractivity contribution >= 4 is 11.9 Å². The minimum Gasteiger partial charge on any atom is -0.460 e. The molecule has 0 unspecified atom stereocenters. The van der Waals surface area contributed by atoms with Crippen LogP contribution in [0.2, 0.25) is 0 Å². The maximum absolute atomic E-state index is 12.7. The first-order chi connectivity index (χ1) is 11.6. The molecule has 1 aromatic carbocycles. The Morgan fingerprint density at radius 2 is 2.12 bits per heavy atom. The Morgan fingerprint density at radius 1 is 1.33 bits per heavy atom. The third-order valence-corrected chi connectivity index (χ3v) is 4.68. The van der Waals surface area contributed by atoms with Crippen molar-refractivity contribution in [1.82, 2.24) is 5.32 Å². The van der Waals surface area contributed by atoms with E-state index in [-0.39, 0.29) is 36.9 Å². The number of rotatable bonds is 4. The van der Waals surface area contributed by atoms with Crippen molar-refractivity contribution < 1.29 is 19.1 Å². The molecule has 0 bridgehead atoms. The number of ether oxygens (including phenoxy) is 2. The number of carbonyl (C=O) groups is 2. The minimum atomic E-state index is -0.365.